The molecule has 1 aliphatic carbocycles. The number of nitrogens with one attached hydrogen (secondary N) is 1. The molecule has 0 saturated heterocycles. The SMILES string of the molecule is CCCC1CCC(NCc2cc(Cl)ccc2Cl)CC1. The molecule has 0 bridgehead atoms. The van der Waals surface area contributed by atoms with E-state index in [-0.39, 0.29) is 0 Å². The standard InChI is InChI=1S/C16H23Cl2N/c1-2-3-12-4-7-15(8-5-12)19-11-13-10-14(17)6-9-16(13)18/h6,9-10,12,15,19H,2-5,7-8,11H2,1H3. The zero-order chi connectivity index (χ0) is 13.7. The van der Waals surface area contributed by atoms with Crippen LogP contribution < -0.4 is 5.32 Å². The highest BCUT2D eigenvalue weighted by atomic mass is 35.5. The first-order valence-corrected chi connectivity index (χ1v) is 8.12. The summed E-state index contributed by atoms with van der Waals surface area (Å²) in [7, 11) is 0. The predicted molar refractivity (Wildman–Crippen MR) is 84.0 cm³/mol. The summed E-state index contributed by atoms with van der Waals surface area (Å²) in [6.07, 6.45) is 8.04. The Labute approximate surface area is 126 Å². The van der Waals surface area contributed by atoms with Gasteiger partial charge in [0.05, 0.1) is 0 Å². The van der Waals surface area contributed by atoms with Crippen molar-refractivity contribution in [2.75, 3.05) is 0 Å². The molecule has 1 saturated carbocycles. The Bertz CT molecular complexity index is 398. The minimum absolute atomic E-state index is 0.642. The highest BCUT2D eigenvalue weighted by molar-refractivity contribution is 6.33. The average Bonchev–Trinajstić information content (AvgIpc) is 2.42. The van der Waals surface area contributed by atoms with E-state index in [0.29, 0.717) is 6.04 Å². The first-order chi connectivity index (χ1) is 9.19. The van der Waals surface area contributed by atoms with E-state index in [1.165, 1.54) is 38.5 Å². The van der Waals surface area contributed by atoms with Crippen molar-refractivity contribution < 1.29 is 0 Å². The first-order valence-electron chi connectivity index (χ1n) is 7.36. The van der Waals surface area contributed by atoms with Crippen molar-refractivity contribution in [2.45, 2.75) is 58.0 Å². The largest absolute Gasteiger partial charge is 0.310 e. The van der Waals surface area contributed by atoms with Crippen LogP contribution in [0.5, 0.6) is 0 Å². The molecular weight excluding hydrogens is 277 g/mol. The molecule has 3 heteroatoms. The highest BCUT2D eigenvalue weighted by Gasteiger charge is 2.20. The number of hydrogen-bond donors (Lipinski definition) is 1. The normalized spacial score (nSPS) is 23.5. The molecule has 0 spiro atoms. The molecule has 0 amide bonds. The van der Waals surface area contributed by atoms with Gasteiger partial charge in [-0.25, -0.2) is 0 Å². The van der Waals surface area contributed by atoms with Gasteiger partial charge in [0.15, 0.2) is 0 Å². The molecule has 19 heavy (non-hydrogen) atoms. The van der Waals surface area contributed by atoms with Gasteiger partial charge in [-0.05, 0) is 55.4 Å². The minimum Gasteiger partial charge on any atom is -0.310 e. The quantitative estimate of drug-likeness (QED) is 0.763. The fourth-order valence-corrected chi connectivity index (χ4v) is 3.38. The zero-order valence-corrected chi connectivity index (χ0v) is 13.1. The van der Waals surface area contributed by atoms with Gasteiger partial charge >= 0.3 is 0 Å². The number of halogens is 2. The lowest BCUT2D eigenvalue weighted by Gasteiger charge is -2.29. The second-order valence-electron chi connectivity index (χ2n) is 5.62. The molecule has 106 valence electrons. The van der Waals surface area contributed by atoms with Gasteiger partial charge in [-0.15, -0.1) is 0 Å². The fourth-order valence-electron chi connectivity index (χ4n) is 3.00. The van der Waals surface area contributed by atoms with Gasteiger partial charge in [0.1, 0.15) is 0 Å². The van der Waals surface area contributed by atoms with Crippen LogP contribution in [0.3, 0.4) is 0 Å². The lowest BCUT2D eigenvalue weighted by atomic mass is 9.83. The van der Waals surface area contributed by atoms with Crippen molar-refractivity contribution in [1.82, 2.24) is 5.32 Å². The van der Waals surface area contributed by atoms with Gasteiger partial charge in [0.25, 0.3) is 0 Å². The number of hydrogen-bond acceptors (Lipinski definition) is 1. The van der Waals surface area contributed by atoms with E-state index in [4.69, 9.17) is 23.2 Å². The number of rotatable bonds is 5. The van der Waals surface area contributed by atoms with Crippen LogP contribution in [0, 0.1) is 5.92 Å². The van der Waals surface area contributed by atoms with Crippen LogP contribution in [0.4, 0.5) is 0 Å². The van der Waals surface area contributed by atoms with Crippen molar-refractivity contribution in [3.05, 3.63) is 33.8 Å². The maximum absolute atomic E-state index is 6.18. The van der Waals surface area contributed by atoms with Gasteiger partial charge in [0, 0.05) is 22.6 Å². The van der Waals surface area contributed by atoms with Gasteiger partial charge in [0.2, 0.25) is 0 Å². The van der Waals surface area contributed by atoms with Crippen molar-refractivity contribution in [3.63, 3.8) is 0 Å². The Hall–Kier alpha value is -0.240. The summed E-state index contributed by atoms with van der Waals surface area (Å²) in [6, 6.07) is 6.31. The minimum atomic E-state index is 0.642. The number of benzene rings is 1. The van der Waals surface area contributed by atoms with Crippen LogP contribution >= 0.6 is 23.2 Å². The molecule has 0 radical (unpaired) electrons. The van der Waals surface area contributed by atoms with Crippen molar-refractivity contribution in [2.24, 2.45) is 5.92 Å². The van der Waals surface area contributed by atoms with E-state index >= 15 is 0 Å². The van der Waals surface area contributed by atoms with Gasteiger partial charge in [-0.2, -0.15) is 0 Å². The summed E-state index contributed by atoms with van der Waals surface area (Å²) < 4.78 is 0. The molecule has 1 aliphatic rings. The topological polar surface area (TPSA) is 12.0 Å². The third-order valence-corrected chi connectivity index (χ3v) is 4.74. The third-order valence-electron chi connectivity index (χ3n) is 4.13. The second-order valence-corrected chi connectivity index (χ2v) is 6.47. The lowest BCUT2D eigenvalue weighted by Crippen LogP contribution is -2.32. The summed E-state index contributed by atoms with van der Waals surface area (Å²) in [4.78, 5) is 0. The molecule has 1 fully saturated rings. The van der Waals surface area contributed by atoms with Gasteiger partial charge < -0.3 is 5.32 Å². The lowest BCUT2D eigenvalue weighted by molar-refractivity contribution is 0.277. The summed E-state index contributed by atoms with van der Waals surface area (Å²) in [5.41, 5.74) is 1.10. The van der Waals surface area contributed by atoms with Crippen LogP contribution in [0.2, 0.25) is 10.0 Å². The molecule has 1 N–H and O–H groups in total. The van der Waals surface area contributed by atoms with Crippen molar-refractivity contribution in [3.8, 4) is 0 Å². The third kappa shape index (κ3) is 4.66. The van der Waals surface area contributed by atoms with Crippen LogP contribution in [0.25, 0.3) is 0 Å². The summed E-state index contributed by atoms with van der Waals surface area (Å²) in [6.45, 7) is 3.11. The van der Waals surface area contributed by atoms with E-state index in [1.54, 1.807) is 0 Å². The van der Waals surface area contributed by atoms with Crippen molar-refractivity contribution >= 4 is 23.2 Å². The summed E-state index contributed by atoms with van der Waals surface area (Å²) in [5.74, 6) is 0.956. The Morgan fingerprint density at radius 1 is 1.16 bits per heavy atom. The molecule has 0 aliphatic heterocycles. The molecule has 1 aromatic rings. The van der Waals surface area contributed by atoms with Crippen molar-refractivity contribution in [1.29, 1.82) is 0 Å². The average molecular weight is 300 g/mol. The smallest absolute Gasteiger partial charge is 0.0451 e. The first kappa shape index (κ1) is 15.2. The molecule has 0 aromatic heterocycles. The Balaban J connectivity index is 1.79. The zero-order valence-electron chi connectivity index (χ0n) is 11.6. The summed E-state index contributed by atoms with van der Waals surface area (Å²) >= 11 is 12.2. The Kier molecular flexibility index (Phi) is 6.00. The van der Waals surface area contributed by atoms with E-state index < -0.39 is 0 Å². The van der Waals surface area contributed by atoms with E-state index in [2.05, 4.69) is 12.2 Å². The van der Waals surface area contributed by atoms with Gasteiger partial charge in [-0.3, -0.25) is 0 Å². The maximum Gasteiger partial charge on any atom is 0.0451 e. The summed E-state index contributed by atoms with van der Waals surface area (Å²) in [5, 5.41) is 5.19. The molecule has 1 nitrogen and oxygen atoms in total. The monoisotopic (exact) mass is 299 g/mol. The Morgan fingerprint density at radius 3 is 2.58 bits per heavy atom. The second kappa shape index (κ2) is 7.52. The van der Waals surface area contributed by atoms with E-state index in [9.17, 15) is 0 Å². The molecule has 0 unspecified atom stereocenters. The van der Waals surface area contributed by atoms with Crippen LogP contribution in [0.15, 0.2) is 18.2 Å². The molecule has 0 heterocycles. The van der Waals surface area contributed by atoms with Crippen LogP contribution in [-0.4, -0.2) is 6.04 Å². The maximum atomic E-state index is 6.18. The molecule has 2 rings (SSSR count). The molecule has 0 atom stereocenters. The van der Waals surface area contributed by atoms with Crippen LogP contribution in [-0.2, 0) is 6.54 Å². The Morgan fingerprint density at radius 2 is 1.89 bits per heavy atom. The fraction of sp³-hybridized carbons (Fsp3) is 0.625. The van der Waals surface area contributed by atoms with Crippen LogP contribution in [0.1, 0.15) is 51.0 Å². The van der Waals surface area contributed by atoms with Gasteiger partial charge in [-0.1, -0.05) is 43.0 Å². The van der Waals surface area contributed by atoms with E-state index in [1.807, 2.05) is 18.2 Å². The molecular formula is C16H23Cl2N. The molecule has 1 aromatic carbocycles. The highest BCUT2D eigenvalue weighted by Crippen LogP contribution is 2.28. The predicted octanol–water partition coefficient (Wildman–Crippen LogP) is 5.44. The van der Waals surface area contributed by atoms with E-state index in [0.717, 1.165) is 28.1 Å².